The topological polar surface area (TPSA) is 68.1 Å². The lowest BCUT2D eigenvalue weighted by atomic mass is 9.99. The molecule has 4 rings (SSSR count). The summed E-state index contributed by atoms with van der Waals surface area (Å²) in [6, 6.07) is 7.82. The zero-order valence-electron chi connectivity index (χ0n) is 16.1. The van der Waals surface area contributed by atoms with Crippen molar-refractivity contribution in [2.45, 2.75) is 62.8 Å². The molecule has 1 aliphatic heterocycles. The van der Waals surface area contributed by atoms with Gasteiger partial charge in [-0.25, -0.2) is 8.42 Å². The van der Waals surface area contributed by atoms with Crippen molar-refractivity contribution in [3.63, 3.8) is 0 Å². The number of hydrogen-bond acceptors (Lipinski definition) is 4. The number of hydrogen-bond donors (Lipinski definition) is 0. The fourth-order valence-corrected chi connectivity index (χ4v) is 5.77. The lowest BCUT2D eigenvalue weighted by molar-refractivity contribution is 0.195. The van der Waals surface area contributed by atoms with Gasteiger partial charge < -0.3 is 4.57 Å². The Morgan fingerprint density at radius 2 is 1.78 bits per heavy atom. The van der Waals surface area contributed by atoms with Crippen molar-refractivity contribution in [1.82, 2.24) is 19.1 Å². The van der Waals surface area contributed by atoms with Crippen LogP contribution in [-0.2, 0) is 16.4 Å². The molecule has 2 heterocycles. The second-order valence-corrected chi connectivity index (χ2v) is 10.1. The van der Waals surface area contributed by atoms with Crippen molar-refractivity contribution in [3.05, 3.63) is 42.0 Å². The van der Waals surface area contributed by atoms with Crippen LogP contribution < -0.4 is 0 Å². The molecule has 0 bridgehead atoms. The number of benzene rings is 1. The third-order valence-electron chi connectivity index (χ3n) is 5.94. The highest BCUT2D eigenvalue weighted by Crippen LogP contribution is 2.32. The van der Waals surface area contributed by atoms with E-state index in [0.29, 0.717) is 35.9 Å². The monoisotopic (exact) mass is 388 g/mol. The van der Waals surface area contributed by atoms with Crippen LogP contribution in [0.15, 0.2) is 35.5 Å². The maximum absolute atomic E-state index is 12.8. The molecule has 0 N–H and O–H groups in total. The van der Waals surface area contributed by atoms with Crippen LogP contribution in [0.3, 0.4) is 0 Å². The van der Waals surface area contributed by atoms with Crippen molar-refractivity contribution in [1.29, 1.82) is 0 Å². The average molecular weight is 389 g/mol. The van der Waals surface area contributed by atoms with Gasteiger partial charge in [-0.05, 0) is 42.4 Å². The third kappa shape index (κ3) is 3.67. The van der Waals surface area contributed by atoms with E-state index in [9.17, 15) is 8.42 Å². The summed E-state index contributed by atoms with van der Waals surface area (Å²) in [7, 11) is -3.39. The first-order valence-electron chi connectivity index (χ1n) is 9.93. The van der Waals surface area contributed by atoms with Crippen LogP contribution >= 0.6 is 0 Å². The second kappa shape index (κ2) is 7.36. The van der Waals surface area contributed by atoms with Crippen LogP contribution in [0.5, 0.6) is 0 Å². The van der Waals surface area contributed by atoms with E-state index >= 15 is 0 Å². The SMILES string of the molecule is CC(C)c1ccc(S(=O)(=O)N2CC(Cc3nncn3C3CCCC3)C2)cc1. The number of aromatic nitrogens is 3. The Morgan fingerprint density at radius 1 is 1.11 bits per heavy atom. The van der Waals surface area contributed by atoms with Gasteiger partial charge in [0.15, 0.2) is 0 Å². The van der Waals surface area contributed by atoms with Gasteiger partial charge in [0.2, 0.25) is 10.0 Å². The van der Waals surface area contributed by atoms with Crippen LogP contribution in [0.1, 0.15) is 62.9 Å². The summed E-state index contributed by atoms with van der Waals surface area (Å²) in [5, 5.41) is 8.40. The average Bonchev–Trinajstić information content (AvgIpc) is 3.28. The van der Waals surface area contributed by atoms with Crippen molar-refractivity contribution in [2.24, 2.45) is 5.92 Å². The van der Waals surface area contributed by atoms with E-state index in [1.165, 1.54) is 25.7 Å². The van der Waals surface area contributed by atoms with E-state index in [1.807, 2.05) is 18.5 Å². The molecule has 1 saturated heterocycles. The van der Waals surface area contributed by atoms with Crippen LogP contribution in [-0.4, -0.2) is 40.6 Å². The molecular formula is C20H28N4O2S. The van der Waals surface area contributed by atoms with E-state index in [2.05, 4.69) is 28.6 Å². The van der Waals surface area contributed by atoms with Gasteiger partial charge in [0.1, 0.15) is 12.2 Å². The maximum atomic E-state index is 12.8. The quantitative estimate of drug-likeness (QED) is 0.761. The highest BCUT2D eigenvalue weighted by molar-refractivity contribution is 7.89. The number of rotatable bonds is 6. The number of nitrogens with zero attached hydrogens (tertiary/aromatic N) is 4. The predicted octanol–water partition coefficient (Wildman–Crippen LogP) is 3.38. The molecule has 1 aromatic carbocycles. The van der Waals surface area contributed by atoms with Crippen molar-refractivity contribution < 1.29 is 8.42 Å². The van der Waals surface area contributed by atoms with Gasteiger partial charge in [0, 0.05) is 25.6 Å². The molecule has 6 nitrogen and oxygen atoms in total. The van der Waals surface area contributed by atoms with E-state index < -0.39 is 10.0 Å². The summed E-state index contributed by atoms with van der Waals surface area (Å²) >= 11 is 0. The lowest BCUT2D eigenvalue weighted by Crippen LogP contribution is -2.50. The Labute approximate surface area is 161 Å². The second-order valence-electron chi connectivity index (χ2n) is 8.21. The smallest absolute Gasteiger partial charge is 0.243 e. The molecular weight excluding hydrogens is 360 g/mol. The fourth-order valence-electron chi connectivity index (χ4n) is 4.18. The Morgan fingerprint density at radius 3 is 2.41 bits per heavy atom. The molecule has 2 aromatic rings. The Balaban J connectivity index is 1.38. The van der Waals surface area contributed by atoms with Gasteiger partial charge in [0.25, 0.3) is 0 Å². The Kier molecular flexibility index (Phi) is 5.07. The highest BCUT2D eigenvalue weighted by atomic mass is 32.2. The summed E-state index contributed by atoms with van der Waals surface area (Å²) < 4.78 is 29.4. The van der Waals surface area contributed by atoms with Crippen LogP contribution in [0, 0.1) is 5.92 Å². The zero-order chi connectivity index (χ0) is 19.0. The molecule has 27 heavy (non-hydrogen) atoms. The first-order valence-corrected chi connectivity index (χ1v) is 11.4. The van der Waals surface area contributed by atoms with Crippen molar-refractivity contribution >= 4 is 10.0 Å². The predicted molar refractivity (Wildman–Crippen MR) is 104 cm³/mol. The molecule has 0 spiro atoms. The van der Waals surface area contributed by atoms with Gasteiger partial charge in [-0.2, -0.15) is 4.31 Å². The Hall–Kier alpha value is -1.73. The standard InChI is InChI=1S/C20H28N4O2S/c1-15(2)17-7-9-19(10-8-17)27(25,26)23-12-16(13-23)11-20-22-21-14-24(20)18-5-3-4-6-18/h7-10,14-16,18H,3-6,11-13H2,1-2H3. The minimum absolute atomic E-state index is 0.319. The molecule has 2 aliphatic rings. The summed E-state index contributed by atoms with van der Waals surface area (Å²) in [6.07, 6.45) is 7.58. The van der Waals surface area contributed by atoms with E-state index in [1.54, 1.807) is 16.4 Å². The molecule has 0 amide bonds. The summed E-state index contributed by atoms with van der Waals surface area (Å²) in [6.45, 7) is 5.33. The summed E-state index contributed by atoms with van der Waals surface area (Å²) in [5.41, 5.74) is 1.15. The van der Waals surface area contributed by atoms with Crippen LogP contribution in [0.2, 0.25) is 0 Å². The number of sulfonamides is 1. The molecule has 2 fully saturated rings. The Bertz CT molecular complexity index is 877. The maximum Gasteiger partial charge on any atom is 0.243 e. The van der Waals surface area contributed by atoms with Crippen LogP contribution in [0.25, 0.3) is 0 Å². The van der Waals surface area contributed by atoms with Gasteiger partial charge in [0.05, 0.1) is 4.90 Å². The van der Waals surface area contributed by atoms with Gasteiger partial charge in [-0.1, -0.05) is 38.8 Å². The highest BCUT2D eigenvalue weighted by Gasteiger charge is 2.37. The first-order chi connectivity index (χ1) is 12.9. The minimum Gasteiger partial charge on any atom is -0.314 e. The lowest BCUT2D eigenvalue weighted by Gasteiger charge is -2.38. The molecule has 0 unspecified atom stereocenters. The third-order valence-corrected chi connectivity index (χ3v) is 7.79. The first kappa shape index (κ1) is 18.6. The molecule has 1 aromatic heterocycles. The van der Waals surface area contributed by atoms with E-state index in [-0.39, 0.29) is 0 Å². The molecule has 1 saturated carbocycles. The van der Waals surface area contributed by atoms with Crippen molar-refractivity contribution in [2.75, 3.05) is 13.1 Å². The normalized spacial score (nSPS) is 19.7. The fraction of sp³-hybridized carbons (Fsp3) is 0.600. The minimum atomic E-state index is -3.39. The van der Waals surface area contributed by atoms with Crippen molar-refractivity contribution in [3.8, 4) is 0 Å². The van der Waals surface area contributed by atoms with Gasteiger partial charge in [-0.15, -0.1) is 10.2 Å². The molecule has 0 radical (unpaired) electrons. The van der Waals surface area contributed by atoms with E-state index in [4.69, 9.17) is 0 Å². The summed E-state index contributed by atoms with van der Waals surface area (Å²) in [5.74, 6) is 1.72. The van der Waals surface area contributed by atoms with Gasteiger partial charge >= 0.3 is 0 Å². The molecule has 1 aliphatic carbocycles. The molecule has 0 atom stereocenters. The van der Waals surface area contributed by atoms with Crippen LogP contribution in [0.4, 0.5) is 0 Å². The molecule has 7 heteroatoms. The summed E-state index contributed by atoms with van der Waals surface area (Å²) in [4.78, 5) is 0.388. The van der Waals surface area contributed by atoms with Gasteiger partial charge in [-0.3, -0.25) is 0 Å². The van der Waals surface area contributed by atoms with E-state index in [0.717, 1.165) is 17.8 Å². The largest absolute Gasteiger partial charge is 0.314 e. The molecule has 146 valence electrons. The zero-order valence-corrected chi connectivity index (χ0v) is 16.9.